The molecule has 1 aliphatic heterocycles. The molecule has 17 heavy (non-hydrogen) atoms. The number of pyridine rings is 1. The molecule has 0 radical (unpaired) electrons. The molecule has 90 valence electrons. The highest BCUT2D eigenvalue weighted by Gasteiger charge is 2.31. The van der Waals surface area contributed by atoms with Crippen molar-refractivity contribution in [1.82, 2.24) is 4.98 Å². The Bertz CT molecular complexity index is 459. The fourth-order valence-corrected chi connectivity index (χ4v) is 2.28. The summed E-state index contributed by atoms with van der Waals surface area (Å²) in [6.07, 6.45) is -0.285. The fourth-order valence-electron chi connectivity index (χ4n) is 1.95. The third kappa shape index (κ3) is 2.55. The summed E-state index contributed by atoms with van der Waals surface area (Å²) in [5, 5.41) is 8.99. The van der Waals surface area contributed by atoms with Gasteiger partial charge in [-0.25, -0.2) is 13.8 Å². The molecule has 0 saturated carbocycles. The van der Waals surface area contributed by atoms with Gasteiger partial charge >= 0.3 is 0 Å². The van der Waals surface area contributed by atoms with Gasteiger partial charge in [0.25, 0.3) is 0 Å². The van der Waals surface area contributed by atoms with E-state index in [9.17, 15) is 8.78 Å². The SMILES string of the molecule is N#Cc1cc(Br)cnc1N1CCC(C(F)F)C1. The molecule has 1 aromatic rings. The zero-order valence-electron chi connectivity index (χ0n) is 8.91. The molecule has 1 fully saturated rings. The minimum absolute atomic E-state index is 0.265. The van der Waals surface area contributed by atoms with Crippen LogP contribution in [0.25, 0.3) is 0 Å². The minimum Gasteiger partial charge on any atom is -0.355 e. The van der Waals surface area contributed by atoms with Gasteiger partial charge in [-0.2, -0.15) is 5.26 Å². The molecule has 2 heterocycles. The van der Waals surface area contributed by atoms with Crippen LogP contribution in [-0.2, 0) is 0 Å². The lowest BCUT2D eigenvalue weighted by atomic mass is 10.1. The highest BCUT2D eigenvalue weighted by molar-refractivity contribution is 9.10. The molecule has 0 spiro atoms. The van der Waals surface area contributed by atoms with Crippen molar-refractivity contribution in [2.45, 2.75) is 12.8 Å². The first-order chi connectivity index (χ1) is 8.11. The summed E-state index contributed by atoms with van der Waals surface area (Å²) >= 11 is 3.23. The Morgan fingerprint density at radius 3 is 2.94 bits per heavy atom. The van der Waals surface area contributed by atoms with Gasteiger partial charge in [0.15, 0.2) is 0 Å². The van der Waals surface area contributed by atoms with Crippen molar-refractivity contribution in [1.29, 1.82) is 5.26 Å². The molecule has 0 amide bonds. The number of anilines is 1. The second-order valence-electron chi connectivity index (χ2n) is 3.97. The van der Waals surface area contributed by atoms with Crippen LogP contribution < -0.4 is 4.90 Å². The number of nitriles is 1. The van der Waals surface area contributed by atoms with E-state index in [0.29, 0.717) is 28.8 Å². The smallest absolute Gasteiger partial charge is 0.243 e. The van der Waals surface area contributed by atoms with Crippen LogP contribution >= 0.6 is 15.9 Å². The lowest BCUT2D eigenvalue weighted by Crippen LogP contribution is -2.23. The molecular weight excluding hydrogens is 292 g/mol. The molecule has 0 N–H and O–H groups in total. The Balaban J connectivity index is 2.22. The lowest BCUT2D eigenvalue weighted by molar-refractivity contribution is 0.0880. The number of alkyl halides is 2. The minimum atomic E-state index is -2.30. The van der Waals surface area contributed by atoms with Crippen molar-refractivity contribution in [3.8, 4) is 6.07 Å². The van der Waals surface area contributed by atoms with E-state index in [2.05, 4.69) is 20.9 Å². The van der Waals surface area contributed by atoms with Gasteiger partial charge in [-0.1, -0.05) is 0 Å². The van der Waals surface area contributed by atoms with Crippen LogP contribution in [0.2, 0.25) is 0 Å². The van der Waals surface area contributed by atoms with Gasteiger partial charge in [-0.15, -0.1) is 0 Å². The summed E-state index contributed by atoms with van der Waals surface area (Å²) in [6, 6.07) is 3.69. The number of halogens is 3. The van der Waals surface area contributed by atoms with Crippen LogP contribution in [0.4, 0.5) is 14.6 Å². The normalized spacial score (nSPS) is 19.7. The molecule has 6 heteroatoms. The maximum Gasteiger partial charge on any atom is 0.243 e. The zero-order valence-corrected chi connectivity index (χ0v) is 10.5. The average molecular weight is 302 g/mol. The van der Waals surface area contributed by atoms with E-state index >= 15 is 0 Å². The van der Waals surface area contributed by atoms with E-state index in [1.807, 2.05) is 6.07 Å². The van der Waals surface area contributed by atoms with Crippen molar-refractivity contribution < 1.29 is 8.78 Å². The first-order valence-electron chi connectivity index (χ1n) is 5.20. The predicted octanol–water partition coefficient (Wildman–Crippen LogP) is 2.81. The second kappa shape index (κ2) is 4.96. The summed E-state index contributed by atoms with van der Waals surface area (Å²) < 4.78 is 25.8. The second-order valence-corrected chi connectivity index (χ2v) is 4.88. The van der Waals surface area contributed by atoms with Crippen LogP contribution in [0.3, 0.4) is 0 Å². The molecule has 1 aliphatic rings. The van der Waals surface area contributed by atoms with Gasteiger partial charge in [-0.05, 0) is 28.4 Å². The van der Waals surface area contributed by atoms with Gasteiger partial charge in [0.2, 0.25) is 6.43 Å². The zero-order chi connectivity index (χ0) is 12.4. The van der Waals surface area contributed by atoms with Gasteiger partial charge < -0.3 is 4.90 Å². The Labute approximate surface area is 106 Å². The fraction of sp³-hybridized carbons (Fsp3) is 0.455. The van der Waals surface area contributed by atoms with E-state index in [1.54, 1.807) is 17.2 Å². The van der Waals surface area contributed by atoms with Crippen molar-refractivity contribution in [3.05, 3.63) is 22.3 Å². The summed E-state index contributed by atoms with van der Waals surface area (Å²) in [5.74, 6) is -0.120. The molecule has 0 bridgehead atoms. The van der Waals surface area contributed by atoms with Crippen LogP contribution in [0.1, 0.15) is 12.0 Å². The molecule has 1 unspecified atom stereocenters. The summed E-state index contributed by atoms with van der Waals surface area (Å²) in [4.78, 5) is 5.89. The third-order valence-corrected chi connectivity index (χ3v) is 3.27. The van der Waals surface area contributed by atoms with E-state index in [4.69, 9.17) is 5.26 Å². The molecule has 1 aromatic heterocycles. The summed E-state index contributed by atoms with van der Waals surface area (Å²) in [7, 11) is 0. The quantitative estimate of drug-likeness (QED) is 0.843. The van der Waals surface area contributed by atoms with Crippen molar-refractivity contribution >= 4 is 21.7 Å². The Kier molecular flexibility index (Phi) is 3.57. The van der Waals surface area contributed by atoms with Crippen molar-refractivity contribution in [2.75, 3.05) is 18.0 Å². The Hall–Kier alpha value is -1.22. The molecule has 1 saturated heterocycles. The number of rotatable bonds is 2. The third-order valence-electron chi connectivity index (χ3n) is 2.83. The predicted molar refractivity (Wildman–Crippen MR) is 63.0 cm³/mol. The van der Waals surface area contributed by atoms with Gasteiger partial charge in [0, 0.05) is 29.7 Å². The molecule has 3 nitrogen and oxygen atoms in total. The van der Waals surface area contributed by atoms with Crippen LogP contribution in [0.15, 0.2) is 16.7 Å². The number of aromatic nitrogens is 1. The first-order valence-corrected chi connectivity index (χ1v) is 6.00. The summed E-state index contributed by atoms with van der Waals surface area (Å²) in [6.45, 7) is 0.791. The Morgan fingerprint density at radius 1 is 1.59 bits per heavy atom. The number of hydrogen-bond donors (Lipinski definition) is 0. The molecule has 0 aliphatic carbocycles. The monoisotopic (exact) mass is 301 g/mol. The van der Waals surface area contributed by atoms with E-state index in [-0.39, 0.29) is 6.54 Å². The number of nitrogens with zero attached hydrogens (tertiary/aromatic N) is 3. The molecular formula is C11H10BrF2N3. The number of hydrogen-bond acceptors (Lipinski definition) is 3. The van der Waals surface area contributed by atoms with E-state index in [1.165, 1.54) is 0 Å². The van der Waals surface area contributed by atoms with Crippen molar-refractivity contribution in [2.24, 2.45) is 5.92 Å². The summed E-state index contributed by atoms with van der Waals surface area (Å²) in [5.41, 5.74) is 0.411. The maximum atomic E-state index is 12.6. The van der Waals surface area contributed by atoms with Crippen LogP contribution in [-0.4, -0.2) is 24.5 Å². The lowest BCUT2D eigenvalue weighted by Gasteiger charge is -2.18. The largest absolute Gasteiger partial charge is 0.355 e. The van der Waals surface area contributed by atoms with Crippen LogP contribution in [0.5, 0.6) is 0 Å². The van der Waals surface area contributed by atoms with E-state index in [0.717, 1.165) is 0 Å². The molecule has 0 aromatic carbocycles. The van der Waals surface area contributed by atoms with E-state index < -0.39 is 12.3 Å². The highest BCUT2D eigenvalue weighted by atomic mass is 79.9. The topological polar surface area (TPSA) is 39.9 Å². The maximum absolute atomic E-state index is 12.6. The van der Waals surface area contributed by atoms with Gasteiger partial charge in [0.05, 0.1) is 5.56 Å². The molecule has 2 rings (SSSR count). The highest BCUT2D eigenvalue weighted by Crippen LogP contribution is 2.29. The first kappa shape index (κ1) is 12.2. The molecule has 1 atom stereocenters. The standard InChI is InChI=1S/C11H10BrF2N3/c12-9-3-8(4-15)11(16-5-9)17-2-1-7(6-17)10(13)14/h3,5,7,10H,1-2,6H2. The van der Waals surface area contributed by atoms with Crippen LogP contribution in [0, 0.1) is 17.2 Å². The van der Waals surface area contributed by atoms with Gasteiger partial charge in [-0.3, -0.25) is 0 Å². The Morgan fingerprint density at radius 2 is 2.35 bits per heavy atom. The average Bonchev–Trinajstić information content (AvgIpc) is 2.78. The van der Waals surface area contributed by atoms with Crippen molar-refractivity contribution in [3.63, 3.8) is 0 Å². The van der Waals surface area contributed by atoms with Gasteiger partial charge in [0.1, 0.15) is 11.9 Å².